The number of hydrogen-bond acceptors (Lipinski definition) is 2. The smallest absolute Gasteiger partial charge is 0.0216 e. The third-order valence-electron chi connectivity index (χ3n) is 3.12. The molecule has 0 aliphatic rings. The van der Waals surface area contributed by atoms with Crippen molar-refractivity contribution in [3.05, 3.63) is 34.9 Å². The molecule has 1 atom stereocenters. The zero-order valence-electron chi connectivity index (χ0n) is 10.9. The summed E-state index contributed by atoms with van der Waals surface area (Å²) in [6.07, 6.45) is 0. The van der Waals surface area contributed by atoms with Crippen molar-refractivity contribution in [1.82, 2.24) is 5.32 Å². The minimum absolute atomic E-state index is 0.403. The van der Waals surface area contributed by atoms with E-state index in [1.807, 2.05) is 0 Å². The van der Waals surface area contributed by atoms with E-state index < -0.39 is 0 Å². The van der Waals surface area contributed by atoms with Crippen LogP contribution in [0.4, 0.5) is 0 Å². The van der Waals surface area contributed by atoms with Gasteiger partial charge in [0, 0.05) is 19.1 Å². The highest BCUT2D eigenvalue weighted by molar-refractivity contribution is 5.30. The molecule has 0 aliphatic carbocycles. The molecule has 0 fully saturated rings. The molecule has 2 nitrogen and oxygen atoms in total. The van der Waals surface area contributed by atoms with E-state index in [1.165, 1.54) is 16.7 Å². The molecule has 0 aliphatic heterocycles. The van der Waals surface area contributed by atoms with Crippen LogP contribution in [-0.4, -0.2) is 12.6 Å². The molecule has 1 aromatic carbocycles. The lowest BCUT2D eigenvalue weighted by molar-refractivity contribution is 0.404. The number of aryl methyl sites for hydroxylation is 2. The molecule has 1 rings (SSSR count). The van der Waals surface area contributed by atoms with Gasteiger partial charge in [0.2, 0.25) is 0 Å². The Labute approximate surface area is 99.2 Å². The average Bonchev–Trinajstić information content (AvgIpc) is 2.23. The molecule has 1 unspecified atom stereocenters. The molecule has 2 heteroatoms. The summed E-state index contributed by atoms with van der Waals surface area (Å²) in [5.74, 6) is 0.579. The van der Waals surface area contributed by atoms with Gasteiger partial charge in [0.1, 0.15) is 0 Å². The molecule has 1 aromatic rings. The van der Waals surface area contributed by atoms with Crippen molar-refractivity contribution >= 4 is 0 Å². The Morgan fingerprint density at radius 3 is 2.50 bits per heavy atom. The quantitative estimate of drug-likeness (QED) is 0.799. The van der Waals surface area contributed by atoms with Gasteiger partial charge in [0.25, 0.3) is 0 Å². The van der Waals surface area contributed by atoms with Crippen LogP contribution in [0.25, 0.3) is 0 Å². The van der Waals surface area contributed by atoms with Gasteiger partial charge in [0.15, 0.2) is 0 Å². The topological polar surface area (TPSA) is 38.0 Å². The number of hydrogen-bond donors (Lipinski definition) is 2. The van der Waals surface area contributed by atoms with Crippen LogP contribution < -0.4 is 11.1 Å². The largest absolute Gasteiger partial charge is 0.329 e. The van der Waals surface area contributed by atoms with Crippen molar-refractivity contribution < 1.29 is 0 Å². The van der Waals surface area contributed by atoms with E-state index in [0.29, 0.717) is 18.5 Å². The lowest BCUT2D eigenvalue weighted by Gasteiger charge is -2.21. The molecular weight excluding hydrogens is 196 g/mol. The second-order valence-corrected chi connectivity index (χ2v) is 4.90. The van der Waals surface area contributed by atoms with E-state index in [9.17, 15) is 0 Å². The highest BCUT2D eigenvalue weighted by Crippen LogP contribution is 2.11. The Morgan fingerprint density at radius 2 is 1.94 bits per heavy atom. The Hall–Kier alpha value is -0.860. The normalized spacial score (nSPS) is 13.1. The van der Waals surface area contributed by atoms with E-state index in [-0.39, 0.29) is 0 Å². The molecule has 16 heavy (non-hydrogen) atoms. The Balaban J connectivity index is 2.63. The second-order valence-electron chi connectivity index (χ2n) is 4.90. The fraction of sp³-hybridized carbons (Fsp3) is 0.571. The zero-order chi connectivity index (χ0) is 12.1. The van der Waals surface area contributed by atoms with Gasteiger partial charge in [-0.1, -0.05) is 37.6 Å². The van der Waals surface area contributed by atoms with E-state index in [4.69, 9.17) is 5.73 Å². The third kappa shape index (κ3) is 3.62. The van der Waals surface area contributed by atoms with Crippen molar-refractivity contribution in [2.45, 2.75) is 40.3 Å². The summed E-state index contributed by atoms with van der Waals surface area (Å²) in [7, 11) is 0. The van der Waals surface area contributed by atoms with Crippen LogP contribution in [0.1, 0.15) is 30.5 Å². The van der Waals surface area contributed by atoms with Gasteiger partial charge in [-0.15, -0.1) is 0 Å². The summed E-state index contributed by atoms with van der Waals surface area (Å²) < 4.78 is 0. The first-order chi connectivity index (χ1) is 7.54. The van der Waals surface area contributed by atoms with E-state index >= 15 is 0 Å². The lowest BCUT2D eigenvalue weighted by atomic mass is 10.0. The highest BCUT2D eigenvalue weighted by atomic mass is 14.9. The molecule has 0 heterocycles. The Kier molecular flexibility index (Phi) is 4.97. The fourth-order valence-electron chi connectivity index (χ4n) is 1.82. The van der Waals surface area contributed by atoms with Gasteiger partial charge in [-0.2, -0.15) is 0 Å². The molecule has 0 bridgehead atoms. The summed E-state index contributed by atoms with van der Waals surface area (Å²) in [5, 5.41) is 3.53. The van der Waals surface area contributed by atoms with Crippen LogP contribution in [0.3, 0.4) is 0 Å². The predicted molar refractivity (Wildman–Crippen MR) is 70.4 cm³/mol. The van der Waals surface area contributed by atoms with Crippen LogP contribution in [0.15, 0.2) is 18.2 Å². The molecule has 90 valence electrons. The molecule has 0 aromatic heterocycles. The SMILES string of the molecule is Cc1ccc(C)c(CNC(CN)C(C)C)c1. The van der Waals surface area contributed by atoms with E-state index in [1.54, 1.807) is 0 Å². The monoisotopic (exact) mass is 220 g/mol. The van der Waals surface area contributed by atoms with E-state index in [2.05, 4.69) is 51.2 Å². The minimum atomic E-state index is 0.403. The summed E-state index contributed by atoms with van der Waals surface area (Å²) >= 11 is 0. The van der Waals surface area contributed by atoms with Crippen LogP contribution in [-0.2, 0) is 6.54 Å². The lowest BCUT2D eigenvalue weighted by Crippen LogP contribution is -2.39. The Morgan fingerprint density at radius 1 is 1.25 bits per heavy atom. The highest BCUT2D eigenvalue weighted by Gasteiger charge is 2.10. The molecule has 0 amide bonds. The molecule has 3 N–H and O–H groups in total. The van der Waals surface area contributed by atoms with Crippen molar-refractivity contribution in [3.63, 3.8) is 0 Å². The molecule has 0 saturated carbocycles. The van der Waals surface area contributed by atoms with Gasteiger partial charge >= 0.3 is 0 Å². The summed E-state index contributed by atoms with van der Waals surface area (Å²) in [5.41, 5.74) is 9.78. The molecule has 0 saturated heterocycles. The average molecular weight is 220 g/mol. The summed E-state index contributed by atoms with van der Waals surface area (Å²) in [6.45, 7) is 10.3. The minimum Gasteiger partial charge on any atom is -0.329 e. The zero-order valence-corrected chi connectivity index (χ0v) is 10.9. The van der Waals surface area contributed by atoms with Crippen LogP contribution in [0, 0.1) is 19.8 Å². The third-order valence-corrected chi connectivity index (χ3v) is 3.12. The second kappa shape index (κ2) is 6.02. The maximum absolute atomic E-state index is 5.74. The molecular formula is C14H24N2. The van der Waals surface area contributed by atoms with Crippen molar-refractivity contribution in [1.29, 1.82) is 0 Å². The van der Waals surface area contributed by atoms with Gasteiger partial charge in [0.05, 0.1) is 0 Å². The van der Waals surface area contributed by atoms with Crippen molar-refractivity contribution in [3.8, 4) is 0 Å². The maximum atomic E-state index is 5.74. The number of benzene rings is 1. The number of nitrogens with two attached hydrogens (primary N) is 1. The van der Waals surface area contributed by atoms with E-state index in [0.717, 1.165) is 6.54 Å². The van der Waals surface area contributed by atoms with Crippen molar-refractivity contribution in [2.24, 2.45) is 11.7 Å². The first-order valence-electron chi connectivity index (χ1n) is 6.04. The number of nitrogens with one attached hydrogen (secondary N) is 1. The van der Waals surface area contributed by atoms with Gasteiger partial charge in [-0.3, -0.25) is 0 Å². The van der Waals surface area contributed by atoms with Crippen molar-refractivity contribution in [2.75, 3.05) is 6.54 Å². The fourth-order valence-corrected chi connectivity index (χ4v) is 1.82. The number of rotatable bonds is 5. The first kappa shape index (κ1) is 13.2. The van der Waals surface area contributed by atoms with Crippen LogP contribution in [0.5, 0.6) is 0 Å². The van der Waals surface area contributed by atoms with Crippen LogP contribution in [0.2, 0.25) is 0 Å². The summed E-state index contributed by atoms with van der Waals surface area (Å²) in [6, 6.07) is 6.98. The maximum Gasteiger partial charge on any atom is 0.0216 e. The van der Waals surface area contributed by atoms with Gasteiger partial charge < -0.3 is 11.1 Å². The summed E-state index contributed by atoms with van der Waals surface area (Å²) in [4.78, 5) is 0. The van der Waals surface area contributed by atoms with Crippen LogP contribution >= 0.6 is 0 Å². The molecule has 0 radical (unpaired) electrons. The Bertz CT molecular complexity index is 332. The van der Waals surface area contributed by atoms with Gasteiger partial charge in [-0.25, -0.2) is 0 Å². The molecule has 0 spiro atoms. The first-order valence-corrected chi connectivity index (χ1v) is 6.04. The predicted octanol–water partition coefficient (Wildman–Crippen LogP) is 2.38. The standard InChI is InChI=1S/C14H24N2/c1-10(2)14(8-15)16-9-13-7-11(3)5-6-12(13)4/h5-7,10,14,16H,8-9,15H2,1-4H3. The van der Waals surface area contributed by atoms with Gasteiger partial charge in [-0.05, 0) is 30.9 Å².